The largest absolute Gasteiger partial charge is 0.364 e. The van der Waals surface area contributed by atoms with Crippen LogP contribution in [0.1, 0.15) is 5.69 Å². The van der Waals surface area contributed by atoms with Crippen LogP contribution in [0.4, 0.5) is 5.82 Å². The Bertz CT molecular complexity index is 761. The van der Waals surface area contributed by atoms with Gasteiger partial charge in [-0.25, -0.2) is 4.98 Å². The summed E-state index contributed by atoms with van der Waals surface area (Å²) in [7, 11) is 4.30. The lowest BCUT2D eigenvalue weighted by Gasteiger charge is -2.11. The Labute approximate surface area is 130 Å². The number of likely N-dealkylation sites (N-methyl/N-ethyl adjacent to an activating group) is 1. The predicted octanol–water partition coefficient (Wildman–Crippen LogP) is 1.26. The summed E-state index contributed by atoms with van der Waals surface area (Å²) >= 11 is 0. The molecule has 5 heteroatoms. The molecule has 0 aliphatic heterocycles. The molecule has 22 heavy (non-hydrogen) atoms. The van der Waals surface area contributed by atoms with Crippen molar-refractivity contribution in [2.75, 3.05) is 32.5 Å². The van der Waals surface area contributed by atoms with Gasteiger partial charge < -0.3 is 10.2 Å². The van der Waals surface area contributed by atoms with E-state index in [1.54, 1.807) is 0 Å². The summed E-state index contributed by atoms with van der Waals surface area (Å²) in [4.78, 5) is 6.09. The summed E-state index contributed by atoms with van der Waals surface area (Å²) in [6.07, 6.45) is 1.89. The third kappa shape index (κ3) is 2.94. The maximum atomic E-state index is 4.67. The minimum atomic E-state index is 0.894. The molecule has 0 saturated heterocycles. The zero-order chi connectivity index (χ0) is 15.5. The number of hydrogen-bond acceptors (Lipinski definition) is 3. The number of aryl methyl sites for hydroxylation is 1. The Hall–Kier alpha value is -2.40. The fourth-order valence-electron chi connectivity index (χ4n) is 2.47. The number of nitrogens with zero attached hydrogens (tertiary/aromatic N) is 3. The minimum Gasteiger partial charge on any atom is -0.364 e. The molecule has 2 N–H and O–H groups in total. The summed E-state index contributed by atoms with van der Waals surface area (Å²) in [6.45, 7) is 3.97. The van der Waals surface area contributed by atoms with E-state index in [1.165, 1.54) is 4.90 Å². The number of fused-ring (bicyclic) bond motifs is 1. The van der Waals surface area contributed by atoms with E-state index in [2.05, 4.69) is 41.6 Å². The van der Waals surface area contributed by atoms with Gasteiger partial charge in [-0.2, -0.15) is 9.61 Å². The van der Waals surface area contributed by atoms with Gasteiger partial charge in [0.2, 0.25) is 0 Å². The van der Waals surface area contributed by atoms with Gasteiger partial charge in [-0.3, -0.25) is 0 Å². The van der Waals surface area contributed by atoms with E-state index >= 15 is 0 Å². The molecule has 0 spiro atoms. The molecule has 1 aromatic carbocycles. The third-order valence-corrected chi connectivity index (χ3v) is 3.62. The van der Waals surface area contributed by atoms with Crippen LogP contribution in [-0.4, -0.2) is 41.8 Å². The lowest BCUT2D eigenvalue weighted by molar-refractivity contribution is -0.856. The molecule has 2 aromatic heterocycles. The van der Waals surface area contributed by atoms with Crippen LogP contribution in [0.25, 0.3) is 16.8 Å². The first-order chi connectivity index (χ1) is 10.6. The molecular weight excluding hydrogens is 274 g/mol. The maximum Gasteiger partial charge on any atom is 0.165 e. The van der Waals surface area contributed by atoms with Crippen LogP contribution >= 0.6 is 0 Å². The second-order valence-corrected chi connectivity index (χ2v) is 5.83. The Kier molecular flexibility index (Phi) is 4.06. The summed E-state index contributed by atoms with van der Waals surface area (Å²) in [5, 5.41) is 7.98. The highest BCUT2D eigenvalue weighted by Gasteiger charge is 2.11. The number of anilines is 1. The van der Waals surface area contributed by atoms with Gasteiger partial charge in [-0.1, -0.05) is 30.3 Å². The summed E-state index contributed by atoms with van der Waals surface area (Å²) in [5.41, 5.74) is 4.08. The molecule has 0 aliphatic carbocycles. The highest BCUT2D eigenvalue weighted by atomic mass is 15.3. The fraction of sp³-hybridized carbons (Fsp3) is 0.294. The molecule has 0 radical (unpaired) electrons. The molecule has 0 atom stereocenters. The van der Waals surface area contributed by atoms with Crippen LogP contribution in [0, 0.1) is 6.92 Å². The van der Waals surface area contributed by atoms with Gasteiger partial charge in [-0.15, -0.1) is 0 Å². The molecule has 3 rings (SSSR count). The molecule has 0 saturated carbocycles. The van der Waals surface area contributed by atoms with Gasteiger partial charge in [0, 0.05) is 17.3 Å². The molecule has 3 aromatic rings. The number of benzene rings is 1. The minimum absolute atomic E-state index is 0.894. The van der Waals surface area contributed by atoms with Gasteiger partial charge in [0.1, 0.15) is 5.82 Å². The molecule has 0 aliphatic rings. The quantitative estimate of drug-likeness (QED) is 0.745. The smallest absolute Gasteiger partial charge is 0.165 e. The maximum absolute atomic E-state index is 4.67. The van der Waals surface area contributed by atoms with Crippen LogP contribution in [0.3, 0.4) is 0 Å². The Morgan fingerprint density at radius 1 is 1.18 bits per heavy atom. The van der Waals surface area contributed by atoms with Crippen molar-refractivity contribution in [2.45, 2.75) is 6.92 Å². The van der Waals surface area contributed by atoms with Gasteiger partial charge in [0.25, 0.3) is 0 Å². The number of nitrogens with one attached hydrogen (secondary N) is 2. The summed E-state index contributed by atoms with van der Waals surface area (Å²) in [6, 6.07) is 12.3. The normalized spacial score (nSPS) is 11.3. The second-order valence-electron chi connectivity index (χ2n) is 5.83. The highest BCUT2D eigenvalue weighted by molar-refractivity contribution is 5.78. The van der Waals surface area contributed by atoms with Crippen molar-refractivity contribution in [3.63, 3.8) is 0 Å². The van der Waals surface area contributed by atoms with Crippen LogP contribution < -0.4 is 10.2 Å². The lowest BCUT2D eigenvalue weighted by Crippen LogP contribution is -3.06. The van der Waals surface area contributed by atoms with Gasteiger partial charge in [-0.05, 0) is 12.5 Å². The van der Waals surface area contributed by atoms with Crippen molar-refractivity contribution < 1.29 is 4.90 Å². The second kappa shape index (κ2) is 6.15. The molecular formula is C17H22N5+. The monoisotopic (exact) mass is 296 g/mol. The van der Waals surface area contributed by atoms with Gasteiger partial charge in [0.05, 0.1) is 33.4 Å². The number of rotatable bonds is 5. The predicted molar refractivity (Wildman–Crippen MR) is 89.3 cm³/mol. The summed E-state index contributed by atoms with van der Waals surface area (Å²) < 4.78 is 1.89. The van der Waals surface area contributed by atoms with Crippen molar-refractivity contribution in [1.29, 1.82) is 0 Å². The zero-order valence-corrected chi connectivity index (χ0v) is 13.3. The molecule has 2 heterocycles. The SMILES string of the molecule is Cc1cc(NCC[NH+](C)C)n2ncc(-c3ccccc3)c2n1. The van der Waals surface area contributed by atoms with Gasteiger partial charge >= 0.3 is 0 Å². The van der Waals surface area contributed by atoms with E-state index in [-0.39, 0.29) is 0 Å². The van der Waals surface area contributed by atoms with E-state index in [9.17, 15) is 0 Å². The standard InChI is InChI=1S/C17H21N5/c1-13-11-16(18-9-10-21(2)3)22-17(20-13)15(12-19-22)14-7-5-4-6-8-14/h4-8,11-12,18H,9-10H2,1-3H3/p+1. The van der Waals surface area contributed by atoms with Crippen molar-refractivity contribution in [3.05, 3.63) is 48.3 Å². The van der Waals surface area contributed by atoms with Crippen LogP contribution in [0.5, 0.6) is 0 Å². The number of aromatic nitrogens is 3. The highest BCUT2D eigenvalue weighted by Crippen LogP contribution is 2.25. The van der Waals surface area contributed by atoms with E-state index < -0.39 is 0 Å². The van der Waals surface area contributed by atoms with Crippen LogP contribution in [0.15, 0.2) is 42.6 Å². The molecule has 0 bridgehead atoms. The third-order valence-electron chi connectivity index (χ3n) is 3.62. The molecule has 5 nitrogen and oxygen atoms in total. The van der Waals surface area contributed by atoms with Crippen molar-refractivity contribution in [3.8, 4) is 11.1 Å². The molecule has 114 valence electrons. The van der Waals surface area contributed by atoms with E-state index in [4.69, 9.17) is 0 Å². The van der Waals surface area contributed by atoms with E-state index in [1.807, 2.05) is 41.9 Å². The van der Waals surface area contributed by atoms with Crippen LogP contribution in [0.2, 0.25) is 0 Å². The topological polar surface area (TPSA) is 46.7 Å². The van der Waals surface area contributed by atoms with Crippen molar-refractivity contribution >= 4 is 11.5 Å². The first kappa shape index (κ1) is 14.5. The average Bonchev–Trinajstić information content (AvgIpc) is 2.91. The van der Waals surface area contributed by atoms with Gasteiger partial charge in [0.15, 0.2) is 5.65 Å². The Balaban J connectivity index is 1.99. The first-order valence-corrected chi connectivity index (χ1v) is 7.59. The average molecular weight is 296 g/mol. The number of hydrogen-bond donors (Lipinski definition) is 2. The Morgan fingerprint density at radius 3 is 2.68 bits per heavy atom. The summed E-state index contributed by atoms with van der Waals surface area (Å²) in [5.74, 6) is 0.992. The molecule has 0 unspecified atom stereocenters. The molecule has 0 amide bonds. The van der Waals surface area contributed by atoms with Crippen molar-refractivity contribution in [2.24, 2.45) is 0 Å². The van der Waals surface area contributed by atoms with E-state index in [0.717, 1.165) is 41.4 Å². The fourth-order valence-corrected chi connectivity index (χ4v) is 2.47. The molecule has 0 fully saturated rings. The lowest BCUT2D eigenvalue weighted by atomic mass is 10.1. The van der Waals surface area contributed by atoms with Crippen LogP contribution in [-0.2, 0) is 0 Å². The number of quaternary nitrogens is 1. The Morgan fingerprint density at radius 2 is 1.95 bits per heavy atom. The van der Waals surface area contributed by atoms with Crippen molar-refractivity contribution in [1.82, 2.24) is 14.6 Å². The zero-order valence-electron chi connectivity index (χ0n) is 13.3. The first-order valence-electron chi connectivity index (χ1n) is 7.59. The van der Waals surface area contributed by atoms with E-state index in [0.29, 0.717) is 0 Å².